The molecule has 0 spiro atoms. The summed E-state index contributed by atoms with van der Waals surface area (Å²) in [7, 11) is 1.56. The summed E-state index contributed by atoms with van der Waals surface area (Å²) in [5.74, 6) is 5.95. The molecule has 0 radical (unpaired) electrons. The van der Waals surface area contributed by atoms with Crippen LogP contribution in [-0.2, 0) is 0 Å². The van der Waals surface area contributed by atoms with Gasteiger partial charge >= 0.3 is 0 Å². The highest BCUT2D eigenvalue weighted by molar-refractivity contribution is 5.38. The van der Waals surface area contributed by atoms with Crippen LogP contribution in [0.4, 0.5) is 4.39 Å². The molecule has 6 heteroatoms. The first-order valence-corrected chi connectivity index (χ1v) is 6.83. The molecule has 3 N–H and O–H groups in total. The molecule has 0 aliphatic rings. The van der Waals surface area contributed by atoms with Gasteiger partial charge in [-0.2, -0.15) is 5.10 Å². The molecule has 1 heterocycles. The summed E-state index contributed by atoms with van der Waals surface area (Å²) in [6.07, 6.45) is 1.62. The van der Waals surface area contributed by atoms with Crippen LogP contribution in [0.15, 0.2) is 24.4 Å². The largest absolute Gasteiger partial charge is 0.493 e. The zero-order valence-electron chi connectivity index (χ0n) is 12.7. The van der Waals surface area contributed by atoms with Crippen molar-refractivity contribution in [3.8, 4) is 5.75 Å². The van der Waals surface area contributed by atoms with Crippen molar-refractivity contribution in [1.29, 1.82) is 0 Å². The maximum absolute atomic E-state index is 14.3. The summed E-state index contributed by atoms with van der Waals surface area (Å²) in [5, 5.41) is 4.30. The maximum atomic E-state index is 14.3. The highest BCUT2D eigenvalue weighted by atomic mass is 19.1. The third kappa shape index (κ3) is 2.91. The van der Waals surface area contributed by atoms with Gasteiger partial charge in [-0.15, -0.1) is 0 Å². The molecule has 0 saturated heterocycles. The maximum Gasteiger partial charge on any atom is 0.161 e. The summed E-state index contributed by atoms with van der Waals surface area (Å²) < 4.78 is 21.4. The van der Waals surface area contributed by atoms with E-state index in [1.807, 2.05) is 26.8 Å². The summed E-state index contributed by atoms with van der Waals surface area (Å²) in [4.78, 5) is 0. The highest BCUT2D eigenvalue weighted by Crippen LogP contribution is 2.32. The Balaban J connectivity index is 2.58. The molecule has 2 aromatic rings. The standard InChI is InChI=1S/C15H21FN4O/c1-9(2)20-15(13(21-4)8-18-20)14(19-17)11-6-5-10(3)7-12(11)16/h5-9,14,19H,17H2,1-4H3. The Morgan fingerprint density at radius 1 is 1.38 bits per heavy atom. The lowest BCUT2D eigenvalue weighted by molar-refractivity contribution is 0.392. The van der Waals surface area contributed by atoms with Gasteiger partial charge in [-0.3, -0.25) is 10.5 Å². The fourth-order valence-electron chi connectivity index (χ4n) is 2.38. The zero-order valence-corrected chi connectivity index (χ0v) is 12.7. The predicted molar refractivity (Wildman–Crippen MR) is 79.5 cm³/mol. The number of halogens is 1. The van der Waals surface area contributed by atoms with Gasteiger partial charge < -0.3 is 4.74 Å². The number of aromatic nitrogens is 2. The lowest BCUT2D eigenvalue weighted by Gasteiger charge is -2.21. The number of hydrazine groups is 1. The Bertz CT molecular complexity index is 624. The smallest absolute Gasteiger partial charge is 0.161 e. The Kier molecular flexibility index (Phi) is 4.59. The van der Waals surface area contributed by atoms with Crippen molar-refractivity contribution in [1.82, 2.24) is 15.2 Å². The summed E-state index contributed by atoms with van der Waals surface area (Å²) in [6, 6.07) is 4.64. The number of benzene rings is 1. The van der Waals surface area contributed by atoms with Crippen LogP contribution in [0.5, 0.6) is 5.75 Å². The molecule has 0 saturated carbocycles. The van der Waals surface area contributed by atoms with Crippen molar-refractivity contribution >= 4 is 0 Å². The Morgan fingerprint density at radius 3 is 2.62 bits per heavy atom. The van der Waals surface area contributed by atoms with Crippen molar-refractivity contribution in [2.75, 3.05) is 7.11 Å². The van der Waals surface area contributed by atoms with E-state index < -0.39 is 6.04 Å². The van der Waals surface area contributed by atoms with E-state index in [4.69, 9.17) is 10.6 Å². The second-order valence-electron chi connectivity index (χ2n) is 5.26. The van der Waals surface area contributed by atoms with Gasteiger partial charge in [0.05, 0.1) is 19.3 Å². The van der Waals surface area contributed by atoms with Crippen LogP contribution in [0.1, 0.15) is 42.8 Å². The minimum atomic E-state index is -0.537. The van der Waals surface area contributed by atoms with Crippen molar-refractivity contribution in [2.45, 2.75) is 32.9 Å². The first-order chi connectivity index (χ1) is 9.99. The molecule has 1 aromatic carbocycles. The molecule has 1 atom stereocenters. The van der Waals surface area contributed by atoms with Crippen LogP contribution >= 0.6 is 0 Å². The quantitative estimate of drug-likeness (QED) is 0.656. The molecule has 5 nitrogen and oxygen atoms in total. The molecule has 1 unspecified atom stereocenters. The average Bonchev–Trinajstić information content (AvgIpc) is 2.86. The fraction of sp³-hybridized carbons (Fsp3) is 0.400. The Labute approximate surface area is 123 Å². The first-order valence-electron chi connectivity index (χ1n) is 6.83. The zero-order chi connectivity index (χ0) is 15.6. The van der Waals surface area contributed by atoms with Crippen molar-refractivity contribution < 1.29 is 9.13 Å². The predicted octanol–water partition coefficient (Wildman–Crippen LogP) is 2.47. The minimum Gasteiger partial charge on any atom is -0.493 e. The summed E-state index contributed by atoms with van der Waals surface area (Å²) in [5.41, 5.74) is 4.70. The van der Waals surface area contributed by atoms with Crippen LogP contribution in [0.3, 0.4) is 0 Å². The number of nitrogens with zero attached hydrogens (tertiary/aromatic N) is 2. The molecule has 0 aliphatic heterocycles. The lowest BCUT2D eigenvalue weighted by Crippen LogP contribution is -2.32. The second kappa shape index (κ2) is 6.24. The molecule has 21 heavy (non-hydrogen) atoms. The van der Waals surface area contributed by atoms with Gasteiger partial charge in [0, 0.05) is 11.6 Å². The summed E-state index contributed by atoms with van der Waals surface area (Å²) >= 11 is 0. The third-order valence-electron chi connectivity index (χ3n) is 3.41. The molecule has 0 fully saturated rings. The van der Waals surface area contributed by atoms with Crippen LogP contribution in [0.25, 0.3) is 0 Å². The monoisotopic (exact) mass is 292 g/mol. The van der Waals surface area contributed by atoms with Gasteiger partial charge in [0.25, 0.3) is 0 Å². The van der Waals surface area contributed by atoms with Gasteiger partial charge in [-0.25, -0.2) is 9.82 Å². The minimum absolute atomic E-state index is 0.105. The molecule has 0 bridgehead atoms. The number of hydrogen-bond acceptors (Lipinski definition) is 4. The number of methoxy groups -OCH3 is 1. The molecule has 1 aromatic heterocycles. The van der Waals surface area contributed by atoms with E-state index in [-0.39, 0.29) is 11.9 Å². The molecule has 0 aliphatic carbocycles. The average molecular weight is 292 g/mol. The molecule has 0 amide bonds. The van der Waals surface area contributed by atoms with Gasteiger partial charge in [0.15, 0.2) is 5.75 Å². The van der Waals surface area contributed by atoms with Crippen molar-refractivity contribution in [3.63, 3.8) is 0 Å². The Hall–Kier alpha value is -1.92. The number of nitrogens with one attached hydrogen (secondary N) is 1. The van der Waals surface area contributed by atoms with Crippen molar-refractivity contribution in [2.24, 2.45) is 5.84 Å². The second-order valence-corrected chi connectivity index (χ2v) is 5.26. The molecular weight excluding hydrogens is 271 g/mol. The summed E-state index contributed by atoms with van der Waals surface area (Å²) in [6.45, 7) is 5.83. The van der Waals surface area contributed by atoms with Crippen LogP contribution in [0.2, 0.25) is 0 Å². The van der Waals surface area contributed by atoms with E-state index in [9.17, 15) is 4.39 Å². The molecular formula is C15H21FN4O. The van der Waals surface area contributed by atoms with E-state index in [1.54, 1.807) is 24.1 Å². The Morgan fingerprint density at radius 2 is 2.10 bits per heavy atom. The first kappa shape index (κ1) is 15.5. The van der Waals surface area contributed by atoms with Crippen LogP contribution < -0.4 is 16.0 Å². The normalized spacial score (nSPS) is 12.7. The van der Waals surface area contributed by atoms with E-state index >= 15 is 0 Å². The van der Waals surface area contributed by atoms with Gasteiger partial charge in [0.2, 0.25) is 0 Å². The number of ether oxygens (including phenoxy) is 1. The van der Waals surface area contributed by atoms with Gasteiger partial charge in [-0.05, 0) is 32.4 Å². The number of nitrogens with two attached hydrogens (primary N) is 1. The van der Waals surface area contributed by atoms with E-state index in [0.717, 1.165) is 5.56 Å². The van der Waals surface area contributed by atoms with Gasteiger partial charge in [-0.1, -0.05) is 12.1 Å². The van der Waals surface area contributed by atoms with E-state index in [2.05, 4.69) is 10.5 Å². The van der Waals surface area contributed by atoms with E-state index in [1.165, 1.54) is 6.07 Å². The third-order valence-corrected chi connectivity index (χ3v) is 3.41. The van der Waals surface area contributed by atoms with Crippen molar-refractivity contribution in [3.05, 3.63) is 47.0 Å². The highest BCUT2D eigenvalue weighted by Gasteiger charge is 2.26. The van der Waals surface area contributed by atoms with E-state index in [0.29, 0.717) is 17.0 Å². The van der Waals surface area contributed by atoms with Crippen LogP contribution in [0, 0.1) is 12.7 Å². The number of rotatable bonds is 5. The number of aryl methyl sites for hydroxylation is 1. The SMILES string of the molecule is COc1cnn(C(C)C)c1C(NN)c1ccc(C)cc1F. The lowest BCUT2D eigenvalue weighted by atomic mass is 10.0. The van der Waals surface area contributed by atoms with Gasteiger partial charge in [0.1, 0.15) is 11.5 Å². The van der Waals surface area contributed by atoms with Crippen LogP contribution in [-0.4, -0.2) is 16.9 Å². The fourth-order valence-corrected chi connectivity index (χ4v) is 2.38. The molecule has 2 rings (SSSR count). The topological polar surface area (TPSA) is 65.1 Å². The number of hydrogen-bond donors (Lipinski definition) is 2. The molecule has 114 valence electrons.